The van der Waals surface area contributed by atoms with Gasteiger partial charge in [-0.1, -0.05) is 43.5 Å². The maximum atomic E-state index is 12.0. The number of benzene rings is 1. The molecule has 1 aliphatic heterocycles. The third kappa shape index (κ3) is 4.03. The molecule has 1 fully saturated rings. The highest BCUT2D eigenvalue weighted by Crippen LogP contribution is 2.34. The molecule has 0 amide bonds. The van der Waals surface area contributed by atoms with E-state index in [4.69, 9.17) is 16.3 Å². The standard InChI is InChI=1S/C19H22ClNO2/c1-2-3-13-4-8-15(9-5-13)18-21-17(19(22)23-18)12-14-6-10-16(20)11-7-14/h6-7,10-13,15H,2-5,8-9H2,1H3/b17-12-. The maximum absolute atomic E-state index is 12.0. The van der Waals surface area contributed by atoms with Gasteiger partial charge in [-0.05, 0) is 55.4 Å². The van der Waals surface area contributed by atoms with Gasteiger partial charge in [0, 0.05) is 10.9 Å². The van der Waals surface area contributed by atoms with Gasteiger partial charge in [0.2, 0.25) is 5.90 Å². The Morgan fingerprint density at radius 1 is 1.22 bits per heavy atom. The Morgan fingerprint density at radius 2 is 1.91 bits per heavy atom. The van der Waals surface area contributed by atoms with E-state index in [0.717, 1.165) is 24.3 Å². The molecule has 0 aromatic heterocycles. The molecule has 2 aliphatic rings. The normalized spacial score (nSPS) is 26.3. The quantitative estimate of drug-likeness (QED) is 0.558. The first kappa shape index (κ1) is 16.3. The number of ether oxygens (including phenoxy) is 1. The molecule has 0 atom stereocenters. The Kier molecular flexibility index (Phi) is 5.16. The number of carbonyl (C=O) groups excluding carboxylic acids is 1. The van der Waals surface area contributed by atoms with Crippen molar-refractivity contribution < 1.29 is 9.53 Å². The summed E-state index contributed by atoms with van der Waals surface area (Å²) in [7, 11) is 0. The molecular weight excluding hydrogens is 310 g/mol. The molecule has 0 N–H and O–H groups in total. The van der Waals surface area contributed by atoms with Gasteiger partial charge in [-0.15, -0.1) is 0 Å². The number of halogens is 1. The first-order valence-electron chi connectivity index (χ1n) is 8.43. The van der Waals surface area contributed by atoms with E-state index in [1.165, 1.54) is 25.7 Å². The highest BCUT2D eigenvalue weighted by molar-refractivity contribution is 6.30. The van der Waals surface area contributed by atoms with Gasteiger partial charge in [0.25, 0.3) is 0 Å². The number of esters is 1. The zero-order chi connectivity index (χ0) is 16.2. The Hall–Kier alpha value is -1.61. The second kappa shape index (κ2) is 7.31. The van der Waals surface area contributed by atoms with Crippen LogP contribution in [0.1, 0.15) is 51.0 Å². The van der Waals surface area contributed by atoms with Gasteiger partial charge in [0.1, 0.15) is 0 Å². The highest BCUT2D eigenvalue weighted by atomic mass is 35.5. The van der Waals surface area contributed by atoms with Crippen molar-refractivity contribution in [1.82, 2.24) is 0 Å². The number of hydrogen-bond acceptors (Lipinski definition) is 3. The van der Waals surface area contributed by atoms with Crippen LogP contribution in [0, 0.1) is 11.8 Å². The number of rotatable bonds is 4. The highest BCUT2D eigenvalue weighted by Gasteiger charge is 2.32. The van der Waals surface area contributed by atoms with Crippen molar-refractivity contribution in [2.75, 3.05) is 0 Å². The van der Waals surface area contributed by atoms with E-state index in [1.807, 2.05) is 12.1 Å². The van der Waals surface area contributed by atoms with Crippen molar-refractivity contribution in [2.45, 2.75) is 45.4 Å². The predicted molar refractivity (Wildman–Crippen MR) is 93.3 cm³/mol. The lowest BCUT2D eigenvalue weighted by molar-refractivity contribution is -0.130. The molecule has 1 aromatic carbocycles. The summed E-state index contributed by atoms with van der Waals surface area (Å²) in [6.07, 6.45) is 8.89. The summed E-state index contributed by atoms with van der Waals surface area (Å²) >= 11 is 5.88. The van der Waals surface area contributed by atoms with Crippen LogP contribution in [0.25, 0.3) is 6.08 Å². The Morgan fingerprint density at radius 3 is 2.57 bits per heavy atom. The van der Waals surface area contributed by atoms with Gasteiger partial charge >= 0.3 is 5.97 Å². The molecule has 0 bridgehead atoms. The van der Waals surface area contributed by atoms with Gasteiger partial charge in [0.15, 0.2) is 5.70 Å². The SMILES string of the molecule is CCCC1CCC(C2=N/C(=C\c3ccc(Cl)cc3)C(=O)O2)CC1. The summed E-state index contributed by atoms with van der Waals surface area (Å²) in [6, 6.07) is 7.33. The third-order valence-corrected chi connectivity index (χ3v) is 4.96. The predicted octanol–water partition coefficient (Wildman–Crippen LogP) is 5.24. The molecule has 0 saturated heterocycles. The molecule has 0 radical (unpaired) electrons. The fourth-order valence-corrected chi connectivity index (χ4v) is 3.55. The van der Waals surface area contributed by atoms with Crippen molar-refractivity contribution in [1.29, 1.82) is 0 Å². The summed E-state index contributed by atoms with van der Waals surface area (Å²) in [4.78, 5) is 16.5. The molecule has 1 saturated carbocycles. The molecule has 23 heavy (non-hydrogen) atoms. The smallest absolute Gasteiger partial charge is 0.363 e. The topological polar surface area (TPSA) is 38.7 Å². The molecule has 0 unspecified atom stereocenters. The van der Waals surface area contributed by atoms with E-state index >= 15 is 0 Å². The number of carbonyl (C=O) groups is 1. The van der Waals surface area contributed by atoms with E-state index in [1.54, 1.807) is 18.2 Å². The second-order valence-corrected chi connectivity index (χ2v) is 6.86. The van der Waals surface area contributed by atoms with E-state index in [9.17, 15) is 4.79 Å². The van der Waals surface area contributed by atoms with Crippen molar-refractivity contribution in [2.24, 2.45) is 16.8 Å². The van der Waals surface area contributed by atoms with Crippen molar-refractivity contribution in [3.05, 3.63) is 40.5 Å². The van der Waals surface area contributed by atoms with Gasteiger partial charge in [-0.25, -0.2) is 9.79 Å². The number of nitrogens with zero attached hydrogens (tertiary/aromatic N) is 1. The molecular formula is C19H22ClNO2. The Labute approximate surface area is 142 Å². The zero-order valence-corrected chi connectivity index (χ0v) is 14.2. The third-order valence-electron chi connectivity index (χ3n) is 4.70. The lowest BCUT2D eigenvalue weighted by atomic mass is 9.80. The minimum absolute atomic E-state index is 0.295. The minimum atomic E-state index is -0.342. The summed E-state index contributed by atoms with van der Waals surface area (Å²) in [5.41, 5.74) is 1.29. The fraction of sp³-hybridized carbons (Fsp3) is 0.474. The lowest BCUT2D eigenvalue weighted by Crippen LogP contribution is -2.22. The zero-order valence-electron chi connectivity index (χ0n) is 13.4. The fourth-order valence-electron chi connectivity index (χ4n) is 3.42. The Balaban J connectivity index is 1.68. The first-order chi connectivity index (χ1) is 11.2. The molecule has 0 spiro atoms. The summed E-state index contributed by atoms with van der Waals surface area (Å²) in [5.74, 6) is 1.40. The van der Waals surface area contributed by atoms with Crippen LogP contribution in [0.15, 0.2) is 35.0 Å². The monoisotopic (exact) mass is 331 g/mol. The van der Waals surface area contributed by atoms with E-state index in [2.05, 4.69) is 11.9 Å². The van der Waals surface area contributed by atoms with Gasteiger partial charge in [0.05, 0.1) is 0 Å². The van der Waals surface area contributed by atoms with Crippen LogP contribution in [0.3, 0.4) is 0 Å². The van der Waals surface area contributed by atoms with Crippen molar-refractivity contribution in [3.63, 3.8) is 0 Å². The van der Waals surface area contributed by atoms with Crippen LogP contribution < -0.4 is 0 Å². The van der Waals surface area contributed by atoms with Crippen molar-refractivity contribution >= 4 is 29.5 Å². The van der Waals surface area contributed by atoms with E-state index < -0.39 is 0 Å². The summed E-state index contributed by atoms with van der Waals surface area (Å²) < 4.78 is 5.42. The minimum Gasteiger partial charge on any atom is -0.406 e. The van der Waals surface area contributed by atoms with E-state index in [0.29, 0.717) is 22.5 Å². The van der Waals surface area contributed by atoms with Crippen LogP contribution in [-0.4, -0.2) is 11.9 Å². The molecule has 3 nitrogen and oxygen atoms in total. The largest absolute Gasteiger partial charge is 0.406 e. The van der Waals surface area contributed by atoms with Crippen LogP contribution in [0.4, 0.5) is 0 Å². The first-order valence-corrected chi connectivity index (χ1v) is 8.81. The van der Waals surface area contributed by atoms with Gasteiger partial charge in [-0.2, -0.15) is 0 Å². The van der Waals surface area contributed by atoms with Crippen LogP contribution >= 0.6 is 11.6 Å². The molecule has 1 heterocycles. The molecule has 3 rings (SSSR count). The second-order valence-electron chi connectivity index (χ2n) is 6.43. The van der Waals surface area contributed by atoms with Gasteiger partial charge < -0.3 is 4.74 Å². The number of aliphatic imine (C=N–C) groups is 1. The van der Waals surface area contributed by atoms with Gasteiger partial charge in [-0.3, -0.25) is 0 Å². The average Bonchev–Trinajstić information content (AvgIpc) is 2.92. The maximum Gasteiger partial charge on any atom is 0.363 e. The summed E-state index contributed by atoms with van der Waals surface area (Å²) in [5, 5.41) is 0.675. The average molecular weight is 332 g/mol. The molecule has 1 aliphatic carbocycles. The molecule has 4 heteroatoms. The van der Waals surface area contributed by atoms with Crippen LogP contribution in [-0.2, 0) is 9.53 Å². The summed E-state index contributed by atoms with van der Waals surface area (Å²) in [6.45, 7) is 2.24. The van der Waals surface area contributed by atoms with Crippen LogP contribution in [0.5, 0.6) is 0 Å². The molecule has 122 valence electrons. The number of cyclic esters (lactones) is 1. The Bertz CT molecular complexity index is 625. The van der Waals surface area contributed by atoms with Crippen LogP contribution in [0.2, 0.25) is 5.02 Å². The van der Waals surface area contributed by atoms with E-state index in [-0.39, 0.29) is 5.97 Å². The molecule has 1 aromatic rings. The number of hydrogen-bond donors (Lipinski definition) is 0. The van der Waals surface area contributed by atoms with Crippen molar-refractivity contribution in [3.8, 4) is 0 Å². The lowest BCUT2D eigenvalue weighted by Gasteiger charge is -2.27.